The summed E-state index contributed by atoms with van der Waals surface area (Å²) in [7, 11) is 0. The molecule has 0 aliphatic carbocycles. The molecule has 0 spiro atoms. The first-order valence-corrected chi connectivity index (χ1v) is 7.40. The van der Waals surface area contributed by atoms with Gasteiger partial charge < -0.3 is 5.32 Å². The molecular weight excluding hydrogens is 224 g/mol. The fraction of sp³-hybridized carbons (Fsp3) is 0.727. The van der Waals surface area contributed by atoms with Crippen molar-refractivity contribution in [2.75, 3.05) is 12.8 Å². The Morgan fingerprint density at radius 1 is 1.47 bits per heavy atom. The number of hydrogen-bond acceptors (Lipinski definition) is 4. The first-order valence-electron chi connectivity index (χ1n) is 5.30. The molecule has 1 heterocycles. The van der Waals surface area contributed by atoms with Crippen molar-refractivity contribution in [3.63, 3.8) is 0 Å². The lowest BCUT2D eigenvalue weighted by Crippen LogP contribution is -2.17. The van der Waals surface area contributed by atoms with Gasteiger partial charge in [0.05, 0.1) is 10.7 Å². The summed E-state index contributed by atoms with van der Waals surface area (Å²) in [5.74, 6) is 0. The number of nitrogens with zero attached hydrogens (tertiary/aromatic N) is 1. The average molecular weight is 244 g/mol. The maximum atomic E-state index is 4.42. The minimum atomic E-state index is 0.752. The zero-order chi connectivity index (χ0) is 11.3. The van der Waals surface area contributed by atoms with E-state index >= 15 is 0 Å². The van der Waals surface area contributed by atoms with Crippen molar-refractivity contribution in [3.8, 4) is 0 Å². The Morgan fingerprint density at radius 2 is 2.20 bits per heavy atom. The van der Waals surface area contributed by atoms with Gasteiger partial charge in [0.2, 0.25) is 0 Å². The van der Waals surface area contributed by atoms with E-state index in [4.69, 9.17) is 0 Å². The average Bonchev–Trinajstić information content (AvgIpc) is 2.52. The van der Waals surface area contributed by atoms with Crippen molar-refractivity contribution in [2.24, 2.45) is 0 Å². The van der Waals surface area contributed by atoms with E-state index in [1.807, 2.05) is 11.8 Å². The number of nitrogens with one attached hydrogen (secondary N) is 1. The molecule has 0 amide bonds. The second-order valence-corrected chi connectivity index (χ2v) is 6.32. The highest BCUT2D eigenvalue weighted by molar-refractivity contribution is 7.99. The summed E-state index contributed by atoms with van der Waals surface area (Å²) < 4.78 is 0. The van der Waals surface area contributed by atoms with Crippen LogP contribution in [0.1, 0.15) is 28.9 Å². The SMILES string of the molecule is CSC(C)CCNCc1sc(C)nc1C. The van der Waals surface area contributed by atoms with Gasteiger partial charge in [-0.25, -0.2) is 4.98 Å². The summed E-state index contributed by atoms with van der Waals surface area (Å²) in [5, 5.41) is 5.40. The van der Waals surface area contributed by atoms with Gasteiger partial charge in [0.1, 0.15) is 0 Å². The number of thioether (sulfide) groups is 1. The molecule has 1 atom stereocenters. The van der Waals surface area contributed by atoms with Gasteiger partial charge in [0, 0.05) is 16.7 Å². The molecule has 1 unspecified atom stereocenters. The highest BCUT2D eigenvalue weighted by Crippen LogP contribution is 2.16. The largest absolute Gasteiger partial charge is 0.312 e. The van der Waals surface area contributed by atoms with Crippen LogP contribution in [0.4, 0.5) is 0 Å². The highest BCUT2D eigenvalue weighted by atomic mass is 32.2. The van der Waals surface area contributed by atoms with E-state index < -0.39 is 0 Å². The van der Waals surface area contributed by atoms with Gasteiger partial charge in [-0.05, 0) is 33.1 Å². The molecule has 1 N–H and O–H groups in total. The second kappa shape index (κ2) is 6.51. The third-order valence-electron chi connectivity index (χ3n) is 2.42. The van der Waals surface area contributed by atoms with Crippen LogP contribution in [0.15, 0.2) is 0 Å². The molecule has 0 aliphatic heterocycles. The molecule has 1 rings (SSSR count). The summed E-state index contributed by atoms with van der Waals surface area (Å²) in [6.45, 7) is 8.49. The van der Waals surface area contributed by atoms with Crippen molar-refractivity contribution in [1.29, 1.82) is 0 Å². The molecule has 0 saturated carbocycles. The third-order valence-corrected chi connectivity index (χ3v) is 4.53. The van der Waals surface area contributed by atoms with E-state index in [0.29, 0.717) is 0 Å². The second-order valence-electron chi connectivity index (χ2n) is 3.75. The Labute approximate surface area is 101 Å². The van der Waals surface area contributed by atoms with Gasteiger partial charge in [-0.15, -0.1) is 11.3 Å². The number of rotatable bonds is 6. The Hall–Kier alpha value is -0.0600. The van der Waals surface area contributed by atoms with Crippen LogP contribution in [0.25, 0.3) is 0 Å². The van der Waals surface area contributed by atoms with Crippen LogP contribution in [0.5, 0.6) is 0 Å². The minimum Gasteiger partial charge on any atom is -0.312 e. The van der Waals surface area contributed by atoms with Gasteiger partial charge >= 0.3 is 0 Å². The topological polar surface area (TPSA) is 24.9 Å². The quantitative estimate of drug-likeness (QED) is 0.779. The fourth-order valence-corrected chi connectivity index (χ4v) is 2.62. The smallest absolute Gasteiger partial charge is 0.0900 e. The molecule has 1 aromatic rings. The predicted octanol–water partition coefficient (Wildman–Crippen LogP) is 2.99. The molecule has 15 heavy (non-hydrogen) atoms. The normalized spacial score (nSPS) is 13.1. The molecule has 0 saturated heterocycles. The van der Waals surface area contributed by atoms with Gasteiger partial charge in [-0.1, -0.05) is 6.92 Å². The summed E-state index contributed by atoms with van der Waals surface area (Å²) in [5.41, 5.74) is 1.18. The lowest BCUT2D eigenvalue weighted by atomic mass is 10.3. The van der Waals surface area contributed by atoms with E-state index in [-0.39, 0.29) is 0 Å². The molecule has 86 valence electrons. The third kappa shape index (κ3) is 4.53. The van der Waals surface area contributed by atoms with E-state index in [1.165, 1.54) is 22.0 Å². The fourth-order valence-electron chi connectivity index (χ4n) is 1.36. The molecule has 1 aromatic heterocycles. The molecule has 0 bridgehead atoms. The van der Waals surface area contributed by atoms with E-state index in [1.54, 1.807) is 11.3 Å². The summed E-state index contributed by atoms with van der Waals surface area (Å²) >= 11 is 3.73. The lowest BCUT2D eigenvalue weighted by molar-refractivity contribution is 0.650. The van der Waals surface area contributed by atoms with Crippen molar-refractivity contribution >= 4 is 23.1 Å². The molecule has 4 heteroatoms. The van der Waals surface area contributed by atoms with Crippen LogP contribution in [-0.2, 0) is 6.54 Å². The Kier molecular flexibility index (Phi) is 5.64. The summed E-state index contributed by atoms with van der Waals surface area (Å²) in [6.07, 6.45) is 3.40. The van der Waals surface area contributed by atoms with E-state index in [0.717, 1.165) is 18.3 Å². The van der Waals surface area contributed by atoms with Crippen molar-refractivity contribution in [2.45, 2.75) is 39.0 Å². The monoisotopic (exact) mass is 244 g/mol. The van der Waals surface area contributed by atoms with E-state index in [2.05, 4.69) is 37.3 Å². The van der Waals surface area contributed by atoms with Crippen LogP contribution < -0.4 is 5.32 Å². The Morgan fingerprint density at radius 3 is 2.73 bits per heavy atom. The molecule has 0 fully saturated rings. The summed E-state index contributed by atoms with van der Waals surface area (Å²) in [6, 6.07) is 0. The van der Waals surface area contributed by atoms with Gasteiger partial charge in [0.25, 0.3) is 0 Å². The van der Waals surface area contributed by atoms with Crippen molar-refractivity contribution in [3.05, 3.63) is 15.6 Å². The standard InChI is InChI=1S/C11H20N2S2/c1-8(14-4)5-6-12-7-11-9(2)13-10(3)15-11/h8,12H,5-7H2,1-4H3. The lowest BCUT2D eigenvalue weighted by Gasteiger charge is -2.08. The Balaban J connectivity index is 2.23. The van der Waals surface area contributed by atoms with E-state index in [9.17, 15) is 0 Å². The highest BCUT2D eigenvalue weighted by Gasteiger charge is 2.04. The molecule has 0 aromatic carbocycles. The molecule has 0 aliphatic rings. The number of aryl methyl sites for hydroxylation is 2. The number of hydrogen-bond donors (Lipinski definition) is 1. The number of aromatic nitrogens is 1. The van der Waals surface area contributed by atoms with Crippen LogP contribution >= 0.6 is 23.1 Å². The zero-order valence-electron chi connectivity index (χ0n) is 9.96. The zero-order valence-corrected chi connectivity index (χ0v) is 11.6. The minimum absolute atomic E-state index is 0.752. The molecule has 2 nitrogen and oxygen atoms in total. The van der Waals surface area contributed by atoms with Crippen LogP contribution in [0, 0.1) is 13.8 Å². The van der Waals surface area contributed by atoms with Gasteiger partial charge in [0.15, 0.2) is 0 Å². The maximum Gasteiger partial charge on any atom is 0.0900 e. The van der Waals surface area contributed by atoms with Gasteiger partial charge in [-0.2, -0.15) is 11.8 Å². The molecule has 0 radical (unpaired) electrons. The predicted molar refractivity (Wildman–Crippen MR) is 70.9 cm³/mol. The number of thiazole rings is 1. The van der Waals surface area contributed by atoms with Crippen molar-refractivity contribution < 1.29 is 0 Å². The maximum absolute atomic E-state index is 4.42. The van der Waals surface area contributed by atoms with Gasteiger partial charge in [-0.3, -0.25) is 0 Å². The van der Waals surface area contributed by atoms with Crippen LogP contribution in [0.2, 0.25) is 0 Å². The van der Waals surface area contributed by atoms with Crippen LogP contribution in [-0.4, -0.2) is 23.0 Å². The Bertz CT molecular complexity index is 297. The first kappa shape index (κ1) is 13.0. The first-order chi connectivity index (χ1) is 7.13. The van der Waals surface area contributed by atoms with Crippen molar-refractivity contribution in [1.82, 2.24) is 10.3 Å². The summed E-state index contributed by atoms with van der Waals surface area (Å²) in [4.78, 5) is 5.79. The van der Waals surface area contributed by atoms with Crippen LogP contribution in [0.3, 0.4) is 0 Å². The molecular formula is C11H20N2S2.